The Hall–Kier alpha value is -1.67. The Morgan fingerprint density at radius 2 is 2.42 bits per heavy atom. The molecule has 0 aliphatic heterocycles. The van der Waals surface area contributed by atoms with E-state index in [0.717, 1.165) is 12.3 Å². The molecule has 0 atom stereocenters. The first-order valence-electron chi connectivity index (χ1n) is 2.85. The summed E-state index contributed by atoms with van der Waals surface area (Å²) in [6.45, 7) is 0. The first-order chi connectivity index (χ1) is 5.65. The van der Waals surface area contributed by atoms with Gasteiger partial charge in [0.2, 0.25) is 0 Å². The third kappa shape index (κ3) is 1.49. The van der Waals surface area contributed by atoms with Crippen molar-refractivity contribution in [1.29, 1.82) is 5.26 Å². The molecule has 0 saturated carbocycles. The highest BCUT2D eigenvalue weighted by Crippen LogP contribution is 2.18. The molecule has 1 aromatic rings. The fourth-order valence-corrected chi connectivity index (χ4v) is 0.791. The fraction of sp³-hybridized carbons (Fsp3) is 0. The van der Waals surface area contributed by atoms with Crippen LogP contribution in [0.15, 0.2) is 12.3 Å². The maximum absolute atomic E-state index is 10.2. The Morgan fingerprint density at radius 3 is 2.83 bits per heavy atom. The molecule has 6 heteroatoms. The second-order valence-corrected chi connectivity index (χ2v) is 2.30. The van der Waals surface area contributed by atoms with Crippen LogP contribution in [0.5, 0.6) is 0 Å². The molecule has 0 N–H and O–H groups in total. The average molecular weight is 184 g/mol. The molecular formula is C6H2ClN3O2. The number of nitrogens with zero attached hydrogens (tertiary/aromatic N) is 3. The molecule has 0 amide bonds. The Morgan fingerprint density at radius 1 is 1.75 bits per heavy atom. The van der Waals surface area contributed by atoms with E-state index in [1.807, 2.05) is 0 Å². The standard InChI is InChI=1S/C6H2ClN3O2/c7-5-1-6(10(11)12)9-3-4(5)2-8/h1,3H. The highest BCUT2D eigenvalue weighted by atomic mass is 35.5. The van der Waals surface area contributed by atoms with Crippen molar-refractivity contribution in [3.63, 3.8) is 0 Å². The molecule has 60 valence electrons. The summed E-state index contributed by atoms with van der Waals surface area (Å²) in [4.78, 5) is 12.9. The molecule has 0 saturated heterocycles. The van der Waals surface area contributed by atoms with E-state index in [1.165, 1.54) is 0 Å². The van der Waals surface area contributed by atoms with Gasteiger partial charge in [-0.15, -0.1) is 0 Å². The van der Waals surface area contributed by atoms with E-state index in [2.05, 4.69) is 4.98 Å². The largest absolute Gasteiger partial charge is 0.364 e. The van der Waals surface area contributed by atoms with Crippen molar-refractivity contribution >= 4 is 17.4 Å². The Labute approximate surface area is 72.4 Å². The molecule has 1 rings (SSSR count). The molecule has 0 spiro atoms. The van der Waals surface area contributed by atoms with Gasteiger partial charge in [-0.25, -0.2) is 0 Å². The maximum Gasteiger partial charge on any atom is 0.364 e. The third-order valence-electron chi connectivity index (χ3n) is 1.15. The highest BCUT2D eigenvalue weighted by molar-refractivity contribution is 6.31. The molecule has 0 radical (unpaired) electrons. The summed E-state index contributed by atoms with van der Waals surface area (Å²) in [7, 11) is 0. The predicted molar refractivity (Wildman–Crippen MR) is 40.6 cm³/mol. The van der Waals surface area contributed by atoms with Gasteiger partial charge in [-0.3, -0.25) is 0 Å². The Balaban J connectivity index is 3.21. The quantitative estimate of drug-likeness (QED) is 0.488. The second-order valence-electron chi connectivity index (χ2n) is 1.89. The van der Waals surface area contributed by atoms with Gasteiger partial charge in [0.15, 0.2) is 6.20 Å². The molecular weight excluding hydrogens is 182 g/mol. The van der Waals surface area contributed by atoms with Crippen molar-refractivity contribution in [2.45, 2.75) is 0 Å². The molecule has 5 nitrogen and oxygen atoms in total. The molecule has 1 aromatic heterocycles. The van der Waals surface area contributed by atoms with Crippen molar-refractivity contribution in [3.8, 4) is 6.07 Å². The van der Waals surface area contributed by atoms with E-state index < -0.39 is 4.92 Å². The molecule has 0 bridgehead atoms. The summed E-state index contributed by atoms with van der Waals surface area (Å²) in [6, 6.07) is 2.79. The summed E-state index contributed by atoms with van der Waals surface area (Å²) in [5, 5.41) is 18.6. The van der Waals surface area contributed by atoms with Gasteiger partial charge in [0, 0.05) is 0 Å². The highest BCUT2D eigenvalue weighted by Gasteiger charge is 2.10. The van der Waals surface area contributed by atoms with Crippen LogP contribution in [0.1, 0.15) is 5.56 Å². The fourth-order valence-electron chi connectivity index (χ4n) is 0.603. The first-order valence-corrected chi connectivity index (χ1v) is 3.23. The zero-order chi connectivity index (χ0) is 9.14. The van der Waals surface area contributed by atoms with Crippen molar-refractivity contribution < 1.29 is 4.92 Å². The molecule has 0 aliphatic rings. The minimum absolute atomic E-state index is 0.0409. The van der Waals surface area contributed by atoms with Crippen molar-refractivity contribution in [1.82, 2.24) is 4.98 Å². The minimum Gasteiger partial charge on any atom is -0.358 e. The van der Waals surface area contributed by atoms with Gasteiger partial charge in [-0.2, -0.15) is 5.26 Å². The lowest BCUT2D eigenvalue weighted by molar-refractivity contribution is -0.389. The monoisotopic (exact) mass is 183 g/mol. The number of rotatable bonds is 1. The first kappa shape index (κ1) is 8.43. The van der Waals surface area contributed by atoms with E-state index in [4.69, 9.17) is 16.9 Å². The summed E-state index contributed by atoms with van der Waals surface area (Å²) in [5.74, 6) is -0.362. The minimum atomic E-state index is -0.674. The van der Waals surface area contributed by atoms with E-state index in [1.54, 1.807) is 6.07 Å². The van der Waals surface area contributed by atoms with Crippen LogP contribution in [0.4, 0.5) is 5.82 Å². The van der Waals surface area contributed by atoms with Gasteiger partial charge in [-0.05, 0) is 9.91 Å². The zero-order valence-electron chi connectivity index (χ0n) is 5.69. The number of hydrogen-bond donors (Lipinski definition) is 0. The van der Waals surface area contributed by atoms with Gasteiger partial charge >= 0.3 is 5.82 Å². The summed E-state index contributed by atoms with van der Waals surface area (Å²) < 4.78 is 0. The van der Waals surface area contributed by atoms with Crippen LogP contribution in [0.2, 0.25) is 5.02 Å². The molecule has 0 aromatic carbocycles. The van der Waals surface area contributed by atoms with Gasteiger partial charge in [0.25, 0.3) is 0 Å². The number of pyridine rings is 1. The van der Waals surface area contributed by atoms with Gasteiger partial charge < -0.3 is 10.1 Å². The van der Waals surface area contributed by atoms with E-state index in [-0.39, 0.29) is 16.4 Å². The van der Waals surface area contributed by atoms with Crippen molar-refractivity contribution in [2.75, 3.05) is 0 Å². The van der Waals surface area contributed by atoms with Gasteiger partial charge in [0.1, 0.15) is 11.6 Å². The van der Waals surface area contributed by atoms with E-state index >= 15 is 0 Å². The number of nitro groups is 1. The molecule has 0 fully saturated rings. The normalized spacial score (nSPS) is 9.00. The van der Waals surface area contributed by atoms with E-state index in [9.17, 15) is 10.1 Å². The third-order valence-corrected chi connectivity index (χ3v) is 1.46. The summed E-state index contributed by atoms with van der Waals surface area (Å²) in [5.41, 5.74) is 0.127. The molecule has 1 heterocycles. The topological polar surface area (TPSA) is 79.8 Å². The Bertz CT molecular complexity index is 372. The number of halogens is 1. The van der Waals surface area contributed by atoms with E-state index in [0.29, 0.717) is 0 Å². The van der Waals surface area contributed by atoms with Crippen LogP contribution in [0, 0.1) is 21.4 Å². The number of nitriles is 1. The van der Waals surface area contributed by atoms with Gasteiger partial charge in [0.05, 0.1) is 11.1 Å². The van der Waals surface area contributed by atoms with Crippen LogP contribution >= 0.6 is 11.6 Å². The van der Waals surface area contributed by atoms with Crippen LogP contribution in [-0.2, 0) is 0 Å². The lowest BCUT2D eigenvalue weighted by atomic mass is 10.3. The molecule has 0 aliphatic carbocycles. The van der Waals surface area contributed by atoms with Crippen molar-refractivity contribution in [3.05, 3.63) is 33.0 Å². The number of hydrogen-bond acceptors (Lipinski definition) is 4. The molecule has 12 heavy (non-hydrogen) atoms. The summed E-state index contributed by atoms with van der Waals surface area (Å²) >= 11 is 5.51. The maximum atomic E-state index is 10.2. The van der Waals surface area contributed by atoms with Crippen LogP contribution in [-0.4, -0.2) is 9.91 Å². The van der Waals surface area contributed by atoms with Crippen LogP contribution in [0.25, 0.3) is 0 Å². The average Bonchev–Trinajstić information content (AvgIpc) is 2.04. The zero-order valence-corrected chi connectivity index (χ0v) is 6.45. The lowest BCUT2D eigenvalue weighted by Crippen LogP contribution is -1.92. The predicted octanol–water partition coefficient (Wildman–Crippen LogP) is 1.51. The number of aromatic nitrogens is 1. The van der Waals surface area contributed by atoms with Gasteiger partial charge in [-0.1, -0.05) is 11.6 Å². The van der Waals surface area contributed by atoms with Crippen molar-refractivity contribution in [2.24, 2.45) is 0 Å². The lowest BCUT2D eigenvalue weighted by Gasteiger charge is -1.92. The van der Waals surface area contributed by atoms with Crippen LogP contribution < -0.4 is 0 Å². The SMILES string of the molecule is N#Cc1cnc([N+](=O)[O-])cc1Cl. The molecule has 0 unspecified atom stereocenters. The smallest absolute Gasteiger partial charge is 0.358 e. The second kappa shape index (κ2) is 3.15. The summed E-state index contributed by atoms with van der Waals surface area (Å²) in [6.07, 6.45) is 1.07. The van der Waals surface area contributed by atoms with Crippen LogP contribution in [0.3, 0.4) is 0 Å². The Kier molecular flexibility index (Phi) is 2.21.